The first kappa shape index (κ1) is 20.3. The number of hydrogen-bond donors (Lipinski definition) is 1. The smallest absolute Gasteiger partial charge is 0.287 e. The van der Waals surface area contributed by atoms with Crippen LogP contribution in [0.15, 0.2) is 40.8 Å². The number of amides is 1. The third-order valence-electron chi connectivity index (χ3n) is 5.97. The van der Waals surface area contributed by atoms with Gasteiger partial charge in [-0.05, 0) is 46.0 Å². The monoisotopic (exact) mass is 382 g/mol. The maximum Gasteiger partial charge on any atom is 0.287 e. The van der Waals surface area contributed by atoms with Gasteiger partial charge in [-0.3, -0.25) is 9.59 Å². The summed E-state index contributed by atoms with van der Waals surface area (Å²) in [7, 11) is 4.21. The summed E-state index contributed by atoms with van der Waals surface area (Å²) >= 11 is 0. The summed E-state index contributed by atoms with van der Waals surface area (Å²) in [6.45, 7) is 2.17. The molecule has 0 spiro atoms. The lowest BCUT2D eigenvalue weighted by molar-refractivity contribution is 0.0844. The van der Waals surface area contributed by atoms with Gasteiger partial charge in [0.15, 0.2) is 11.5 Å². The van der Waals surface area contributed by atoms with Crippen LogP contribution in [0.5, 0.6) is 0 Å². The van der Waals surface area contributed by atoms with E-state index in [1.807, 2.05) is 12.1 Å². The Bertz CT molecular complexity index is 813. The van der Waals surface area contributed by atoms with Gasteiger partial charge in [0.2, 0.25) is 0 Å². The molecule has 5 heteroatoms. The number of nitrogens with zero attached hydrogens (tertiary/aromatic N) is 1. The molecule has 3 rings (SSSR count). The Morgan fingerprint density at radius 1 is 1.00 bits per heavy atom. The van der Waals surface area contributed by atoms with E-state index < -0.39 is 0 Å². The van der Waals surface area contributed by atoms with Crippen molar-refractivity contribution >= 4 is 11.7 Å². The van der Waals surface area contributed by atoms with Gasteiger partial charge in [-0.2, -0.15) is 0 Å². The van der Waals surface area contributed by atoms with Crippen LogP contribution >= 0.6 is 0 Å². The number of hydrogen-bond acceptors (Lipinski definition) is 4. The molecule has 150 valence electrons. The predicted molar refractivity (Wildman–Crippen MR) is 111 cm³/mol. The average Bonchev–Trinajstić information content (AvgIpc) is 3.05. The number of nitrogens with one attached hydrogen (secondary N) is 1. The van der Waals surface area contributed by atoms with Crippen LogP contribution < -0.4 is 5.32 Å². The molecule has 28 heavy (non-hydrogen) atoms. The van der Waals surface area contributed by atoms with Crippen molar-refractivity contribution in [3.05, 3.63) is 47.7 Å². The van der Waals surface area contributed by atoms with Gasteiger partial charge in [0.1, 0.15) is 5.76 Å². The van der Waals surface area contributed by atoms with Crippen molar-refractivity contribution in [3.63, 3.8) is 0 Å². The summed E-state index contributed by atoms with van der Waals surface area (Å²) < 4.78 is 5.78. The molecule has 1 aliphatic rings. The number of carbonyl (C=O) groups excluding carboxylic acids is 2. The maximum absolute atomic E-state index is 12.7. The lowest BCUT2D eigenvalue weighted by Crippen LogP contribution is -2.52. The Morgan fingerprint density at radius 3 is 2.21 bits per heavy atom. The molecule has 0 saturated heterocycles. The molecule has 1 fully saturated rings. The van der Waals surface area contributed by atoms with Crippen molar-refractivity contribution in [1.82, 2.24) is 10.2 Å². The van der Waals surface area contributed by atoms with E-state index in [0.717, 1.165) is 18.4 Å². The van der Waals surface area contributed by atoms with Crippen LogP contribution in [0, 0.1) is 0 Å². The van der Waals surface area contributed by atoms with E-state index in [2.05, 4.69) is 24.3 Å². The van der Waals surface area contributed by atoms with E-state index in [1.54, 1.807) is 31.2 Å². The highest BCUT2D eigenvalue weighted by Gasteiger charge is 2.33. The van der Waals surface area contributed by atoms with Crippen LogP contribution in [0.1, 0.15) is 66.4 Å². The van der Waals surface area contributed by atoms with Crippen LogP contribution in [0.25, 0.3) is 11.3 Å². The zero-order valence-electron chi connectivity index (χ0n) is 17.1. The molecule has 0 bridgehead atoms. The second kappa shape index (κ2) is 8.74. The summed E-state index contributed by atoms with van der Waals surface area (Å²) in [6, 6.07) is 10.7. The van der Waals surface area contributed by atoms with Gasteiger partial charge < -0.3 is 14.6 Å². The molecule has 2 aromatic rings. The molecule has 1 saturated carbocycles. The van der Waals surface area contributed by atoms with Crippen molar-refractivity contribution in [3.8, 4) is 11.3 Å². The number of carbonyl (C=O) groups is 2. The molecule has 0 unspecified atom stereocenters. The Hall–Kier alpha value is -2.40. The van der Waals surface area contributed by atoms with E-state index in [-0.39, 0.29) is 17.2 Å². The topological polar surface area (TPSA) is 62.6 Å². The van der Waals surface area contributed by atoms with Crippen LogP contribution in [-0.2, 0) is 0 Å². The molecule has 0 aliphatic heterocycles. The second-order valence-electron chi connectivity index (χ2n) is 8.01. The minimum Gasteiger partial charge on any atom is -0.451 e. The fraction of sp³-hybridized carbons (Fsp3) is 0.478. The maximum atomic E-state index is 12.7. The van der Waals surface area contributed by atoms with Crippen LogP contribution in [0.4, 0.5) is 0 Å². The molecule has 0 atom stereocenters. The zero-order valence-corrected chi connectivity index (χ0v) is 17.1. The van der Waals surface area contributed by atoms with Gasteiger partial charge in [-0.1, -0.05) is 49.9 Å². The van der Waals surface area contributed by atoms with E-state index in [1.165, 1.54) is 25.7 Å². The van der Waals surface area contributed by atoms with Crippen molar-refractivity contribution in [2.24, 2.45) is 0 Å². The summed E-state index contributed by atoms with van der Waals surface area (Å²) in [5.74, 6) is 0.779. The third-order valence-corrected chi connectivity index (χ3v) is 5.97. The van der Waals surface area contributed by atoms with Gasteiger partial charge >= 0.3 is 0 Å². The van der Waals surface area contributed by atoms with Gasteiger partial charge in [0, 0.05) is 23.2 Å². The largest absolute Gasteiger partial charge is 0.451 e. The number of Topliss-reactive ketones (excluding diaryl/α,β-unsaturated/α-hetero) is 1. The standard InChI is InChI=1S/C23H30N2O3/c1-17(26)18-8-10-19(11-9-18)20-12-13-21(28-20)22(27)24-16-23(25(2)3)14-6-4-5-7-15-23/h8-13H,4-7,14-16H2,1-3H3,(H,24,27). The first-order chi connectivity index (χ1) is 13.4. The average molecular weight is 383 g/mol. The van der Waals surface area contributed by atoms with Crippen molar-refractivity contribution < 1.29 is 14.0 Å². The first-order valence-electron chi connectivity index (χ1n) is 10.1. The number of furan rings is 1. The predicted octanol–water partition coefficient (Wildman–Crippen LogP) is 4.53. The lowest BCUT2D eigenvalue weighted by atomic mass is 9.88. The Kier molecular flexibility index (Phi) is 6.35. The SMILES string of the molecule is CC(=O)c1ccc(-c2ccc(C(=O)NCC3(N(C)C)CCCCCC3)o2)cc1. The third kappa shape index (κ3) is 4.53. The van der Waals surface area contributed by atoms with Crippen LogP contribution in [0.2, 0.25) is 0 Å². The number of rotatable bonds is 6. The molecular formula is C23H30N2O3. The highest BCUT2D eigenvalue weighted by molar-refractivity contribution is 5.94. The fourth-order valence-electron chi connectivity index (χ4n) is 3.98. The minimum absolute atomic E-state index is 0.0180. The minimum atomic E-state index is -0.183. The van der Waals surface area contributed by atoms with Crippen LogP contribution in [0.3, 0.4) is 0 Å². The van der Waals surface area contributed by atoms with E-state index in [0.29, 0.717) is 23.6 Å². The highest BCUT2D eigenvalue weighted by atomic mass is 16.3. The number of ketones is 1. The van der Waals surface area contributed by atoms with Gasteiger partial charge in [-0.25, -0.2) is 0 Å². The summed E-state index contributed by atoms with van der Waals surface area (Å²) in [5, 5.41) is 3.09. The molecule has 5 nitrogen and oxygen atoms in total. The highest BCUT2D eigenvalue weighted by Crippen LogP contribution is 2.31. The molecule has 1 aromatic carbocycles. The van der Waals surface area contributed by atoms with Crippen molar-refractivity contribution in [2.45, 2.75) is 51.0 Å². The van der Waals surface area contributed by atoms with Crippen LogP contribution in [-0.4, -0.2) is 42.8 Å². The summed E-state index contributed by atoms with van der Waals surface area (Å²) in [6.07, 6.45) is 7.16. The van der Waals surface area contributed by atoms with Gasteiger partial charge in [-0.15, -0.1) is 0 Å². The Balaban J connectivity index is 1.67. The normalized spacial score (nSPS) is 16.6. The second-order valence-corrected chi connectivity index (χ2v) is 8.01. The zero-order chi connectivity index (χ0) is 20.1. The van der Waals surface area contributed by atoms with Gasteiger partial charge in [0.05, 0.1) is 0 Å². The van der Waals surface area contributed by atoms with Crippen molar-refractivity contribution in [2.75, 3.05) is 20.6 Å². The molecule has 1 aromatic heterocycles. The lowest BCUT2D eigenvalue weighted by Gasteiger charge is -2.39. The molecule has 0 radical (unpaired) electrons. The summed E-state index contributed by atoms with van der Waals surface area (Å²) in [5.41, 5.74) is 1.52. The fourth-order valence-corrected chi connectivity index (χ4v) is 3.98. The quantitative estimate of drug-likeness (QED) is 0.589. The Morgan fingerprint density at radius 2 is 1.64 bits per heavy atom. The van der Waals surface area contributed by atoms with E-state index >= 15 is 0 Å². The summed E-state index contributed by atoms with van der Waals surface area (Å²) in [4.78, 5) is 26.3. The van der Waals surface area contributed by atoms with Gasteiger partial charge in [0.25, 0.3) is 5.91 Å². The molecular weight excluding hydrogens is 352 g/mol. The van der Waals surface area contributed by atoms with E-state index in [4.69, 9.17) is 4.42 Å². The van der Waals surface area contributed by atoms with Crippen molar-refractivity contribution in [1.29, 1.82) is 0 Å². The molecule has 1 heterocycles. The molecule has 1 amide bonds. The Labute approximate surface area is 167 Å². The first-order valence-corrected chi connectivity index (χ1v) is 10.1. The number of benzene rings is 1. The molecule has 1 aliphatic carbocycles. The van der Waals surface area contributed by atoms with E-state index in [9.17, 15) is 9.59 Å². The molecule has 1 N–H and O–H groups in total. The number of likely N-dealkylation sites (N-methyl/N-ethyl adjacent to an activating group) is 1.